The van der Waals surface area contributed by atoms with Crippen molar-refractivity contribution in [3.63, 3.8) is 0 Å². The first-order valence-corrected chi connectivity index (χ1v) is 16.5. The molecule has 0 saturated carbocycles. The van der Waals surface area contributed by atoms with E-state index < -0.39 is 33.1 Å². The fourth-order valence-corrected chi connectivity index (χ4v) is 7.11. The second-order valence-corrected chi connectivity index (χ2v) is 13.3. The lowest BCUT2D eigenvalue weighted by Gasteiger charge is -2.38. The summed E-state index contributed by atoms with van der Waals surface area (Å²) in [6.07, 6.45) is 0.0470. The largest absolute Gasteiger partial charge is 0.394 e. The summed E-state index contributed by atoms with van der Waals surface area (Å²) in [7, 11) is -0.0722. The summed E-state index contributed by atoms with van der Waals surface area (Å²) in [5.41, 5.74) is 0.822. The van der Waals surface area contributed by atoms with E-state index in [9.17, 15) is 14.7 Å². The van der Waals surface area contributed by atoms with Crippen molar-refractivity contribution in [2.24, 2.45) is 5.92 Å². The number of nitrogens with one attached hydrogen (secondary N) is 1. The van der Waals surface area contributed by atoms with E-state index in [1.807, 2.05) is 13.8 Å². The lowest BCUT2D eigenvalue weighted by molar-refractivity contribution is -0.114. The van der Waals surface area contributed by atoms with Crippen LogP contribution in [0.3, 0.4) is 0 Å². The van der Waals surface area contributed by atoms with Gasteiger partial charge in [-0.3, -0.25) is 14.2 Å². The van der Waals surface area contributed by atoms with Crippen LogP contribution in [0.1, 0.15) is 54.7 Å². The maximum absolute atomic E-state index is 11.8. The highest BCUT2D eigenvalue weighted by atomic mass is 32.2. The van der Waals surface area contributed by atoms with Gasteiger partial charge in [0.25, 0.3) is 8.53 Å². The van der Waals surface area contributed by atoms with Crippen molar-refractivity contribution in [3.8, 4) is 0 Å². The number of thioether (sulfide) groups is 1. The third-order valence-corrected chi connectivity index (χ3v) is 9.75. The number of anilines is 1. The van der Waals surface area contributed by atoms with Crippen molar-refractivity contribution in [3.05, 3.63) is 12.7 Å². The van der Waals surface area contributed by atoms with Crippen LogP contribution in [0.4, 0.5) is 5.82 Å². The minimum Gasteiger partial charge on any atom is -0.394 e. The first kappa shape index (κ1) is 35.7. The van der Waals surface area contributed by atoms with E-state index in [0.29, 0.717) is 30.1 Å². The molecule has 2 aromatic rings. The number of imidazole rings is 1. The summed E-state index contributed by atoms with van der Waals surface area (Å²) in [5, 5.41) is 13.1. The van der Waals surface area contributed by atoms with Crippen molar-refractivity contribution in [2.75, 3.05) is 44.6 Å². The molecule has 5 atom stereocenters. The van der Waals surface area contributed by atoms with Crippen LogP contribution in [0.25, 0.3) is 11.2 Å². The first-order valence-electron chi connectivity index (χ1n) is 14.4. The Kier molecular flexibility index (Phi) is 14.1. The molecule has 16 heteroatoms. The number of carbonyl (C=O) groups excluding carboxylic acids is 2. The Morgan fingerprint density at radius 2 is 1.84 bits per heavy atom. The monoisotopic (exact) mass is 644 g/mol. The maximum atomic E-state index is 11.8. The zero-order valence-electron chi connectivity index (χ0n) is 26.1. The molecule has 1 aliphatic rings. The van der Waals surface area contributed by atoms with Gasteiger partial charge in [-0.1, -0.05) is 25.6 Å². The van der Waals surface area contributed by atoms with Crippen molar-refractivity contribution < 1.29 is 38.0 Å². The molecule has 1 amide bonds. The fourth-order valence-electron chi connectivity index (χ4n) is 4.63. The summed E-state index contributed by atoms with van der Waals surface area (Å²) < 4.78 is 34.6. The average Bonchev–Trinajstić information content (AvgIpc) is 3.52. The Morgan fingerprint density at radius 3 is 2.44 bits per heavy atom. The van der Waals surface area contributed by atoms with Gasteiger partial charge in [0.05, 0.1) is 32.8 Å². The maximum Gasteiger partial charge on any atom is 0.259 e. The van der Waals surface area contributed by atoms with Gasteiger partial charge in [0.15, 0.2) is 28.3 Å². The third-order valence-electron chi connectivity index (χ3n) is 6.50. The van der Waals surface area contributed by atoms with Gasteiger partial charge in [0.2, 0.25) is 5.91 Å². The standard InChI is InChI=1S/C27H45N6O8PS/c1-16(2)27(36)43-12-11-38-9-10-39-42(33(17(3)4)18(5)6)41-22-20(13-34)40-26(23(22)37-8)32-15-30-21-24(31-19(7)35)28-14-29-25(21)32/h14-18,20,22-23,26,34H,9-13H2,1-8H3,(H,28,29,31,35)/t20-,22?,23+,26-,42?/m1/s1. The molecule has 1 saturated heterocycles. The number of methoxy groups -OCH3 is 1. The molecule has 3 heterocycles. The molecule has 242 valence electrons. The SMILES string of the molecule is CO[C@H]1C(OP(OCCOCCSC(=O)C(C)C)N(C(C)C)C(C)C)[C@@H](CO)O[C@H]1n1cnc2c(NC(C)=O)ncnc21. The number of aliphatic hydroxyl groups is 1. The van der Waals surface area contributed by atoms with E-state index in [2.05, 4.69) is 52.6 Å². The van der Waals surface area contributed by atoms with E-state index in [1.165, 1.54) is 31.3 Å². The summed E-state index contributed by atoms with van der Waals surface area (Å²) in [5.74, 6) is 0.575. The van der Waals surface area contributed by atoms with Crippen LogP contribution in [0.5, 0.6) is 0 Å². The van der Waals surface area contributed by atoms with Gasteiger partial charge < -0.3 is 33.7 Å². The van der Waals surface area contributed by atoms with Crippen molar-refractivity contribution in [1.29, 1.82) is 0 Å². The average molecular weight is 645 g/mol. The normalized spacial score (nSPS) is 21.5. The smallest absolute Gasteiger partial charge is 0.259 e. The zero-order chi connectivity index (χ0) is 31.7. The lowest BCUT2D eigenvalue weighted by Crippen LogP contribution is -2.40. The van der Waals surface area contributed by atoms with Gasteiger partial charge in [-0.25, -0.2) is 19.6 Å². The number of fused-ring (bicyclic) bond motifs is 1. The van der Waals surface area contributed by atoms with Crippen molar-refractivity contribution >= 4 is 48.3 Å². The zero-order valence-corrected chi connectivity index (χ0v) is 27.8. The van der Waals surface area contributed by atoms with Gasteiger partial charge in [-0.15, -0.1) is 0 Å². The number of rotatable bonds is 17. The van der Waals surface area contributed by atoms with E-state index >= 15 is 0 Å². The minimum atomic E-state index is -1.62. The number of hydrogen-bond donors (Lipinski definition) is 2. The second kappa shape index (κ2) is 17.0. The Balaban J connectivity index is 1.76. The van der Waals surface area contributed by atoms with Crippen LogP contribution >= 0.6 is 20.3 Å². The quantitative estimate of drug-likeness (QED) is 0.191. The molecular weight excluding hydrogens is 599 g/mol. The highest BCUT2D eigenvalue weighted by Gasteiger charge is 2.49. The number of amides is 1. The Bertz CT molecular complexity index is 1180. The van der Waals surface area contributed by atoms with Gasteiger partial charge in [0.1, 0.15) is 24.6 Å². The molecule has 3 rings (SSSR count). The molecule has 43 heavy (non-hydrogen) atoms. The molecule has 2 N–H and O–H groups in total. The summed E-state index contributed by atoms with van der Waals surface area (Å²) in [6.45, 7) is 14.1. The topological polar surface area (TPSA) is 159 Å². The number of aromatic nitrogens is 4. The van der Waals surface area contributed by atoms with Crippen molar-refractivity contribution in [1.82, 2.24) is 24.2 Å². The Labute approximate surface area is 258 Å². The van der Waals surface area contributed by atoms with Gasteiger partial charge in [0, 0.05) is 37.8 Å². The van der Waals surface area contributed by atoms with E-state index in [-0.39, 0.29) is 48.1 Å². The van der Waals surface area contributed by atoms with Crippen LogP contribution in [0.2, 0.25) is 0 Å². The highest BCUT2D eigenvalue weighted by molar-refractivity contribution is 8.13. The van der Waals surface area contributed by atoms with E-state index in [1.54, 1.807) is 11.7 Å². The number of carbonyl (C=O) groups is 2. The molecule has 0 spiro atoms. The molecule has 2 unspecified atom stereocenters. The summed E-state index contributed by atoms with van der Waals surface area (Å²) >= 11 is 1.27. The predicted octanol–water partition coefficient (Wildman–Crippen LogP) is 3.37. The van der Waals surface area contributed by atoms with Crippen LogP contribution in [-0.4, -0.2) is 110 Å². The molecule has 14 nitrogen and oxygen atoms in total. The number of ether oxygens (including phenoxy) is 3. The van der Waals surface area contributed by atoms with E-state index in [4.69, 9.17) is 23.3 Å². The highest BCUT2D eigenvalue weighted by Crippen LogP contribution is 2.50. The third kappa shape index (κ3) is 9.35. The Hall–Kier alpha value is -1.81. The van der Waals surface area contributed by atoms with Gasteiger partial charge in [-0.2, -0.15) is 0 Å². The fraction of sp³-hybridized carbons (Fsp3) is 0.741. The molecule has 0 radical (unpaired) electrons. The Morgan fingerprint density at radius 1 is 1.12 bits per heavy atom. The molecule has 1 aliphatic heterocycles. The summed E-state index contributed by atoms with van der Waals surface area (Å²) in [6, 6.07) is 0.192. The molecule has 0 bridgehead atoms. The molecule has 0 aromatic carbocycles. The molecule has 2 aromatic heterocycles. The minimum absolute atomic E-state index is 0.00749. The number of nitrogens with zero attached hydrogens (tertiary/aromatic N) is 5. The van der Waals surface area contributed by atoms with Crippen LogP contribution in [-0.2, 0) is 32.8 Å². The van der Waals surface area contributed by atoms with Crippen LogP contribution in [0, 0.1) is 5.92 Å². The number of hydrogen-bond acceptors (Lipinski definition) is 13. The summed E-state index contributed by atoms with van der Waals surface area (Å²) in [4.78, 5) is 36.4. The van der Waals surface area contributed by atoms with Gasteiger partial charge >= 0.3 is 0 Å². The molecular formula is C27H45N6O8PS. The molecule has 1 fully saturated rings. The number of aliphatic hydroxyl groups excluding tert-OH is 1. The van der Waals surface area contributed by atoms with Crippen LogP contribution < -0.4 is 5.32 Å². The lowest BCUT2D eigenvalue weighted by atomic mass is 10.1. The first-order chi connectivity index (χ1) is 20.5. The van der Waals surface area contributed by atoms with Gasteiger partial charge in [-0.05, 0) is 27.7 Å². The van der Waals surface area contributed by atoms with Crippen LogP contribution in [0.15, 0.2) is 12.7 Å². The predicted molar refractivity (Wildman–Crippen MR) is 164 cm³/mol. The molecule has 0 aliphatic carbocycles. The van der Waals surface area contributed by atoms with Crippen molar-refractivity contribution in [2.45, 2.75) is 85.1 Å². The second-order valence-electron chi connectivity index (χ2n) is 10.8. The van der Waals surface area contributed by atoms with E-state index in [0.717, 1.165) is 0 Å².